The summed E-state index contributed by atoms with van der Waals surface area (Å²) < 4.78 is 16.6. The number of ether oxygens (including phenoxy) is 3. The maximum Gasteiger partial charge on any atom is 0.203 e. The minimum Gasteiger partial charge on any atom is -0.508 e. The summed E-state index contributed by atoms with van der Waals surface area (Å²) in [7, 11) is 0. The average Bonchev–Trinajstić information content (AvgIpc) is 2.78. The summed E-state index contributed by atoms with van der Waals surface area (Å²) in [6.45, 7) is -0.758. The van der Waals surface area contributed by atoms with Crippen molar-refractivity contribution < 1.29 is 65.0 Å². The van der Waals surface area contributed by atoms with Gasteiger partial charge in [0.15, 0.2) is 35.7 Å². The summed E-state index contributed by atoms with van der Waals surface area (Å²) in [5.41, 5.74) is -0.486. The molecule has 1 fully saturated rings. The van der Waals surface area contributed by atoms with Crippen molar-refractivity contribution in [1.29, 1.82) is 0 Å². The van der Waals surface area contributed by atoms with Crippen LogP contribution in [0.3, 0.4) is 0 Å². The third kappa shape index (κ3) is 3.94. The maximum atomic E-state index is 13.3. The van der Waals surface area contributed by atoms with E-state index in [1.54, 1.807) is 0 Å². The van der Waals surface area contributed by atoms with Crippen LogP contribution in [0.15, 0.2) is 24.3 Å². The van der Waals surface area contributed by atoms with Gasteiger partial charge in [-0.3, -0.25) is 4.79 Å². The fourth-order valence-corrected chi connectivity index (χ4v) is 3.90. The summed E-state index contributed by atoms with van der Waals surface area (Å²) in [6.07, 6.45) is -11.7. The zero-order valence-electron chi connectivity index (χ0n) is 17.2. The van der Waals surface area contributed by atoms with Crippen molar-refractivity contribution in [2.75, 3.05) is 6.61 Å². The molecule has 2 aromatic rings. The number of aliphatic hydroxyl groups is 4. The molecule has 1 saturated heterocycles. The van der Waals surface area contributed by atoms with E-state index >= 15 is 0 Å². The molecule has 0 saturated carbocycles. The number of Topliss-reactive ketones (excluding diaryl/α,β-unsaturated/α-hetero) is 1. The molecule has 184 valence electrons. The van der Waals surface area contributed by atoms with E-state index in [0.29, 0.717) is 0 Å². The van der Waals surface area contributed by atoms with Crippen molar-refractivity contribution in [1.82, 2.24) is 0 Å². The molecular weight excluding hydrogens is 460 g/mol. The van der Waals surface area contributed by atoms with E-state index in [1.807, 2.05) is 0 Å². The van der Waals surface area contributed by atoms with E-state index in [0.717, 1.165) is 24.3 Å². The number of ketones is 1. The van der Waals surface area contributed by atoms with E-state index in [4.69, 9.17) is 14.2 Å². The van der Waals surface area contributed by atoms with Crippen LogP contribution in [0, 0.1) is 0 Å². The zero-order chi connectivity index (χ0) is 24.9. The first-order valence-electron chi connectivity index (χ1n) is 10.0. The molecule has 4 rings (SSSR count). The summed E-state index contributed by atoms with van der Waals surface area (Å²) in [5.74, 6) is -4.65. The number of rotatable bonds is 4. The van der Waals surface area contributed by atoms with E-state index in [1.165, 1.54) is 0 Å². The van der Waals surface area contributed by atoms with Crippen LogP contribution >= 0.6 is 0 Å². The first-order valence-corrected chi connectivity index (χ1v) is 10.0. The molecule has 7 atom stereocenters. The van der Waals surface area contributed by atoms with Crippen molar-refractivity contribution in [3.63, 3.8) is 0 Å². The van der Waals surface area contributed by atoms with Crippen molar-refractivity contribution in [3.05, 3.63) is 35.4 Å². The van der Waals surface area contributed by atoms with Gasteiger partial charge in [0.05, 0.1) is 6.61 Å². The highest BCUT2D eigenvalue weighted by atomic mass is 16.7. The second-order valence-corrected chi connectivity index (χ2v) is 7.90. The lowest BCUT2D eigenvalue weighted by Crippen LogP contribution is -2.60. The smallest absolute Gasteiger partial charge is 0.203 e. The summed E-state index contributed by atoms with van der Waals surface area (Å²) in [4.78, 5) is 13.3. The molecule has 2 aliphatic rings. The van der Waals surface area contributed by atoms with Gasteiger partial charge in [0, 0.05) is 17.7 Å². The molecule has 2 heterocycles. The third-order valence-electron chi connectivity index (χ3n) is 5.65. The predicted molar refractivity (Wildman–Crippen MR) is 108 cm³/mol. The zero-order valence-corrected chi connectivity index (χ0v) is 17.2. The van der Waals surface area contributed by atoms with Gasteiger partial charge in [0.25, 0.3) is 0 Å². The Kier molecular flexibility index (Phi) is 6.16. The van der Waals surface area contributed by atoms with Crippen molar-refractivity contribution in [3.8, 4) is 34.5 Å². The lowest BCUT2D eigenvalue weighted by Gasteiger charge is -2.42. The fraction of sp³-hybridized carbons (Fsp3) is 0.381. The molecule has 0 amide bonds. The Bertz CT molecular complexity index is 1080. The van der Waals surface area contributed by atoms with Gasteiger partial charge in [0.1, 0.15) is 47.2 Å². The van der Waals surface area contributed by atoms with Crippen LogP contribution in [0.4, 0.5) is 0 Å². The first kappa shape index (κ1) is 23.8. The number of fused-ring (bicyclic) bond motifs is 1. The number of aliphatic hydroxyl groups excluding tert-OH is 4. The molecule has 2 aromatic carbocycles. The van der Waals surface area contributed by atoms with Gasteiger partial charge >= 0.3 is 0 Å². The first-order chi connectivity index (χ1) is 16.0. The third-order valence-corrected chi connectivity index (χ3v) is 5.65. The lowest BCUT2D eigenvalue weighted by atomic mass is 9.91. The predicted octanol–water partition coefficient (Wildman–Crippen LogP) is -1.28. The molecular formula is C21H22O13. The van der Waals surface area contributed by atoms with E-state index in [9.17, 15) is 50.8 Å². The highest BCUT2D eigenvalue weighted by molar-refractivity contribution is 6.05. The maximum absolute atomic E-state index is 13.3. The highest BCUT2D eigenvalue weighted by Crippen LogP contribution is 2.46. The molecule has 0 radical (unpaired) electrons. The number of carbonyl (C=O) groups is 1. The van der Waals surface area contributed by atoms with E-state index in [2.05, 4.69) is 0 Å². The molecule has 34 heavy (non-hydrogen) atoms. The van der Waals surface area contributed by atoms with Gasteiger partial charge in [-0.15, -0.1) is 0 Å². The van der Waals surface area contributed by atoms with Crippen LogP contribution in [0.1, 0.15) is 22.0 Å². The van der Waals surface area contributed by atoms with E-state index in [-0.39, 0.29) is 11.3 Å². The Labute approximate surface area is 190 Å². The highest BCUT2D eigenvalue weighted by Gasteiger charge is 2.49. The second-order valence-electron chi connectivity index (χ2n) is 7.90. The average molecular weight is 482 g/mol. The number of phenols is 5. The SMILES string of the molecule is O=C1c2c(O)cc(O)cc2O[C@@H](c2cc(O)c(O)c(O)c2)[C@H]1O[C@@H]1O[C@H](CO)[C@@H](O)[C@H](O)[C@H]1O. The lowest BCUT2D eigenvalue weighted by molar-refractivity contribution is -0.311. The quantitative estimate of drug-likeness (QED) is 0.232. The summed E-state index contributed by atoms with van der Waals surface area (Å²) in [5, 5.41) is 89.2. The molecule has 13 nitrogen and oxygen atoms in total. The van der Waals surface area contributed by atoms with Crippen molar-refractivity contribution in [2.24, 2.45) is 0 Å². The molecule has 2 aliphatic heterocycles. The molecule has 0 unspecified atom stereocenters. The molecule has 0 spiro atoms. The molecule has 0 aromatic heterocycles. The van der Waals surface area contributed by atoms with Gasteiger partial charge < -0.3 is 60.2 Å². The fourth-order valence-electron chi connectivity index (χ4n) is 3.90. The van der Waals surface area contributed by atoms with Crippen LogP contribution in [0.5, 0.6) is 34.5 Å². The number of hydrogen-bond donors (Lipinski definition) is 9. The van der Waals surface area contributed by atoms with Gasteiger partial charge in [-0.25, -0.2) is 0 Å². The van der Waals surface area contributed by atoms with Gasteiger partial charge in [-0.1, -0.05) is 0 Å². The van der Waals surface area contributed by atoms with Gasteiger partial charge in [-0.05, 0) is 12.1 Å². The number of benzene rings is 2. The van der Waals surface area contributed by atoms with Gasteiger partial charge in [-0.2, -0.15) is 0 Å². The topological polar surface area (TPSA) is 227 Å². The molecule has 13 heteroatoms. The number of carbonyl (C=O) groups excluding carboxylic acids is 1. The van der Waals surface area contributed by atoms with Crippen LogP contribution in [0.25, 0.3) is 0 Å². The minimum absolute atomic E-state index is 0.0933. The molecule has 0 aliphatic carbocycles. The second kappa shape index (κ2) is 8.79. The van der Waals surface area contributed by atoms with Gasteiger partial charge in [0.2, 0.25) is 5.78 Å². The Morgan fingerprint density at radius 3 is 2.12 bits per heavy atom. The minimum atomic E-state index is -1.87. The van der Waals surface area contributed by atoms with Crippen molar-refractivity contribution >= 4 is 5.78 Å². The Morgan fingerprint density at radius 1 is 0.853 bits per heavy atom. The molecule has 0 bridgehead atoms. The largest absolute Gasteiger partial charge is 0.508 e. The van der Waals surface area contributed by atoms with Crippen LogP contribution in [0.2, 0.25) is 0 Å². The Morgan fingerprint density at radius 2 is 1.50 bits per heavy atom. The normalized spacial score (nSPS) is 31.1. The monoisotopic (exact) mass is 482 g/mol. The number of aromatic hydroxyl groups is 5. The van der Waals surface area contributed by atoms with Crippen molar-refractivity contribution in [2.45, 2.75) is 42.9 Å². The Hall–Kier alpha value is -3.33. The van der Waals surface area contributed by atoms with Crippen LogP contribution in [-0.4, -0.2) is 95.2 Å². The van der Waals surface area contributed by atoms with Crippen LogP contribution in [-0.2, 0) is 9.47 Å². The number of hydrogen-bond acceptors (Lipinski definition) is 13. The van der Waals surface area contributed by atoms with E-state index < -0.39 is 89.6 Å². The molecule has 9 N–H and O–H groups in total. The van der Waals surface area contributed by atoms with Crippen LogP contribution < -0.4 is 4.74 Å². The summed E-state index contributed by atoms with van der Waals surface area (Å²) >= 11 is 0. The number of phenolic OH excluding ortho intramolecular Hbond substituents is 5. The standard InChI is InChI=1S/C21H22O13/c22-5-12-15(28)17(30)18(31)21(33-12)34-20-16(29)13-8(24)3-7(23)4-11(13)32-19(20)6-1-9(25)14(27)10(26)2-6/h1-4,12,15,17-28,30-31H,5H2/t12-,15-,17+,18-,19+,20+,21+/m1/s1. The Balaban J connectivity index is 1.77. The summed E-state index contributed by atoms with van der Waals surface area (Å²) in [6, 6.07) is 3.84.